The van der Waals surface area contributed by atoms with E-state index in [1.54, 1.807) is 11.8 Å². The van der Waals surface area contributed by atoms with Gasteiger partial charge in [-0.2, -0.15) is 0 Å². The zero-order valence-corrected chi connectivity index (χ0v) is 11.0. The molecule has 0 radical (unpaired) electrons. The van der Waals surface area contributed by atoms with Crippen molar-refractivity contribution >= 4 is 23.4 Å². The van der Waals surface area contributed by atoms with Crippen LogP contribution in [-0.4, -0.2) is 17.2 Å². The molecule has 0 spiro atoms. The Morgan fingerprint density at radius 3 is 2.82 bits per heavy atom. The van der Waals surface area contributed by atoms with Crippen LogP contribution in [0.5, 0.6) is 0 Å². The van der Waals surface area contributed by atoms with Crippen molar-refractivity contribution < 1.29 is 4.79 Å². The highest BCUT2D eigenvalue weighted by Gasteiger charge is 2.26. The van der Waals surface area contributed by atoms with E-state index in [0.717, 1.165) is 29.0 Å². The fraction of sp³-hybridized carbons (Fsp3) is 0.462. The first-order valence-electron chi connectivity index (χ1n) is 5.89. The second kappa shape index (κ2) is 5.00. The number of carbonyl (C=O) groups is 1. The molecule has 1 saturated carbocycles. The number of aryl methyl sites for hydroxylation is 1. The van der Waals surface area contributed by atoms with Crippen molar-refractivity contribution in [2.75, 3.05) is 5.73 Å². The van der Waals surface area contributed by atoms with Gasteiger partial charge in [-0.15, -0.1) is 11.8 Å². The maximum atomic E-state index is 11.8. The second-order valence-corrected chi connectivity index (χ2v) is 5.95. The Hall–Kier alpha value is -1.16. The molecule has 0 bridgehead atoms. The lowest BCUT2D eigenvalue weighted by molar-refractivity contribution is -0.120. The van der Waals surface area contributed by atoms with Crippen LogP contribution in [0, 0.1) is 6.92 Å². The van der Waals surface area contributed by atoms with E-state index in [-0.39, 0.29) is 11.2 Å². The summed E-state index contributed by atoms with van der Waals surface area (Å²) in [7, 11) is 0. The molecule has 1 unspecified atom stereocenters. The summed E-state index contributed by atoms with van der Waals surface area (Å²) < 4.78 is 0. The van der Waals surface area contributed by atoms with Crippen LogP contribution in [0.4, 0.5) is 5.69 Å². The van der Waals surface area contributed by atoms with E-state index in [2.05, 4.69) is 5.32 Å². The lowest BCUT2D eigenvalue weighted by atomic mass is 10.2. The summed E-state index contributed by atoms with van der Waals surface area (Å²) in [5.74, 6) is 0.133. The Morgan fingerprint density at radius 1 is 1.53 bits per heavy atom. The van der Waals surface area contributed by atoms with Crippen LogP contribution in [0.1, 0.15) is 25.3 Å². The molecular weight excluding hydrogens is 232 g/mol. The van der Waals surface area contributed by atoms with Gasteiger partial charge in [0.25, 0.3) is 0 Å². The number of carbonyl (C=O) groups excluding carboxylic acids is 1. The number of amides is 1. The van der Waals surface area contributed by atoms with Gasteiger partial charge in [0.15, 0.2) is 0 Å². The molecule has 3 N–H and O–H groups in total. The summed E-state index contributed by atoms with van der Waals surface area (Å²) in [6.07, 6.45) is 2.26. The van der Waals surface area contributed by atoms with E-state index in [1.807, 2.05) is 32.0 Å². The van der Waals surface area contributed by atoms with Gasteiger partial charge in [-0.05, 0) is 50.5 Å². The van der Waals surface area contributed by atoms with Crippen LogP contribution in [0.3, 0.4) is 0 Å². The van der Waals surface area contributed by atoms with Crippen LogP contribution in [0.25, 0.3) is 0 Å². The van der Waals surface area contributed by atoms with E-state index in [1.165, 1.54) is 0 Å². The summed E-state index contributed by atoms with van der Waals surface area (Å²) in [5.41, 5.74) is 7.60. The van der Waals surface area contributed by atoms with Gasteiger partial charge in [0.2, 0.25) is 5.91 Å². The molecule has 0 aromatic heterocycles. The Morgan fingerprint density at radius 2 is 2.24 bits per heavy atom. The molecule has 0 saturated heterocycles. The largest absolute Gasteiger partial charge is 0.399 e. The fourth-order valence-electron chi connectivity index (χ4n) is 1.60. The lowest BCUT2D eigenvalue weighted by Crippen LogP contribution is -2.32. The monoisotopic (exact) mass is 250 g/mol. The Labute approximate surface area is 106 Å². The van der Waals surface area contributed by atoms with E-state index in [4.69, 9.17) is 5.73 Å². The van der Waals surface area contributed by atoms with Crippen LogP contribution in [0.15, 0.2) is 23.1 Å². The summed E-state index contributed by atoms with van der Waals surface area (Å²) in [6, 6.07) is 6.23. The van der Waals surface area contributed by atoms with Crippen molar-refractivity contribution in [2.24, 2.45) is 0 Å². The number of nitrogen functional groups attached to an aromatic ring is 1. The molecule has 1 aliphatic carbocycles. The number of nitrogens with two attached hydrogens (primary N) is 1. The van der Waals surface area contributed by atoms with Crippen molar-refractivity contribution in [3.63, 3.8) is 0 Å². The van der Waals surface area contributed by atoms with Crippen LogP contribution < -0.4 is 11.1 Å². The molecular formula is C13H18N2OS. The number of hydrogen-bond donors (Lipinski definition) is 2. The maximum absolute atomic E-state index is 11.8. The van der Waals surface area contributed by atoms with Gasteiger partial charge in [-0.1, -0.05) is 0 Å². The first kappa shape index (κ1) is 12.3. The molecule has 0 heterocycles. The molecule has 1 amide bonds. The van der Waals surface area contributed by atoms with Crippen LogP contribution in [0.2, 0.25) is 0 Å². The van der Waals surface area contributed by atoms with Gasteiger partial charge in [-0.3, -0.25) is 4.79 Å². The summed E-state index contributed by atoms with van der Waals surface area (Å²) in [4.78, 5) is 12.9. The Kier molecular flexibility index (Phi) is 3.62. The van der Waals surface area contributed by atoms with E-state index in [9.17, 15) is 4.79 Å². The zero-order chi connectivity index (χ0) is 12.4. The minimum atomic E-state index is -0.0575. The molecule has 0 aliphatic heterocycles. The maximum Gasteiger partial charge on any atom is 0.233 e. The average Bonchev–Trinajstić information content (AvgIpc) is 3.06. The summed E-state index contributed by atoms with van der Waals surface area (Å²) >= 11 is 1.59. The van der Waals surface area contributed by atoms with Crippen LogP contribution >= 0.6 is 11.8 Å². The lowest BCUT2D eigenvalue weighted by Gasteiger charge is -2.13. The normalized spacial score (nSPS) is 16.6. The van der Waals surface area contributed by atoms with Gasteiger partial charge in [-0.25, -0.2) is 0 Å². The molecule has 1 aromatic carbocycles. The van der Waals surface area contributed by atoms with Crippen molar-refractivity contribution in [3.05, 3.63) is 23.8 Å². The molecule has 1 aromatic rings. The third-order valence-electron chi connectivity index (χ3n) is 2.80. The number of anilines is 1. The van der Waals surface area contributed by atoms with Gasteiger partial charge in [0, 0.05) is 16.6 Å². The molecule has 2 rings (SSSR count). The van der Waals surface area contributed by atoms with E-state index >= 15 is 0 Å². The molecule has 1 atom stereocenters. The Bertz CT molecular complexity index is 429. The number of nitrogens with one attached hydrogen (secondary N) is 1. The van der Waals surface area contributed by atoms with Gasteiger partial charge < -0.3 is 11.1 Å². The number of rotatable bonds is 4. The van der Waals surface area contributed by atoms with Crippen molar-refractivity contribution in [2.45, 2.75) is 42.9 Å². The fourth-order valence-corrected chi connectivity index (χ4v) is 2.54. The molecule has 4 heteroatoms. The first-order valence-corrected chi connectivity index (χ1v) is 6.77. The third-order valence-corrected chi connectivity index (χ3v) is 4.08. The van der Waals surface area contributed by atoms with Gasteiger partial charge in [0.05, 0.1) is 5.25 Å². The number of thioether (sulfide) groups is 1. The number of benzene rings is 1. The third kappa shape index (κ3) is 3.40. The standard InChI is InChI=1S/C13H18N2OS/c1-8-7-10(14)3-6-12(8)17-9(2)13(16)15-11-4-5-11/h3,6-7,9,11H,4-5,14H2,1-2H3,(H,15,16). The predicted octanol–water partition coefficient (Wildman–Crippen LogP) is 2.34. The molecule has 1 fully saturated rings. The quantitative estimate of drug-likeness (QED) is 0.637. The van der Waals surface area contributed by atoms with E-state index in [0.29, 0.717) is 6.04 Å². The predicted molar refractivity (Wildman–Crippen MR) is 72.1 cm³/mol. The molecule has 17 heavy (non-hydrogen) atoms. The highest BCUT2D eigenvalue weighted by molar-refractivity contribution is 8.00. The molecule has 3 nitrogen and oxygen atoms in total. The average molecular weight is 250 g/mol. The van der Waals surface area contributed by atoms with Gasteiger partial charge in [0.1, 0.15) is 0 Å². The summed E-state index contributed by atoms with van der Waals surface area (Å²) in [5, 5.41) is 2.96. The topological polar surface area (TPSA) is 55.1 Å². The minimum absolute atomic E-state index is 0.0575. The molecule has 1 aliphatic rings. The number of hydrogen-bond acceptors (Lipinski definition) is 3. The molecule has 92 valence electrons. The second-order valence-electron chi connectivity index (χ2n) is 4.57. The van der Waals surface area contributed by atoms with E-state index < -0.39 is 0 Å². The van der Waals surface area contributed by atoms with Crippen molar-refractivity contribution in [3.8, 4) is 0 Å². The zero-order valence-electron chi connectivity index (χ0n) is 10.2. The SMILES string of the molecule is Cc1cc(N)ccc1SC(C)C(=O)NC1CC1. The highest BCUT2D eigenvalue weighted by atomic mass is 32.2. The Balaban J connectivity index is 1.96. The minimum Gasteiger partial charge on any atom is -0.399 e. The smallest absolute Gasteiger partial charge is 0.233 e. The van der Waals surface area contributed by atoms with Crippen molar-refractivity contribution in [1.29, 1.82) is 0 Å². The first-order chi connectivity index (χ1) is 8.06. The van der Waals surface area contributed by atoms with Gasteiger partial charge >= 0.3 is 0 Å². The van der Waals surface area contributed by atoms with Crippen molar-refractivity contribution in [1.82, 2.24) is 5.32 Å². The van der Waals surface area contributed by atoms with Crippen LogP contribution in [-0.2, 0) is 4.79 Å². The summed E-state index contributed by atoms with van der Waals surface area (Å²) in [6.45, 7) is 3.96. The highest BCUT2D eigenvalue weighted by Crippen LogP contribution is 2.28.